The van der Waals surface area contributed by atoms with Crippen molar-refractivity contribution in [2.24, 2.45) is 0 Å². The van der Waals surface area contributed by atoms with Crippen LogP contribution in [0.25, 0.3) is 55.8 Å². The largest absolute Gasteiger partial charge is 0.397 e. The fraction of sp³-hybridized carbons (Fsp3) is 0. The van der Waals surface area contributed by atoms with E-state index in [-0.39, 0.29) is 0 Å². The number of nitrogens with zero attached hydrogens (tertiary/aromatic N) is 5. The van der Waals surface area contributed by atoms with Gasteiger partial charge in [0.05, 0.1) is 22.8 Å². The molecule has 0 radical (unpaired) electrons. The summed E-state index contributed by atoms with van der Waals surface area (Å²) in [5.74, 6) is 0. The fourth-order valence-electron chi connectivity index (χ4n) is 3.79. The molecule has 31 heavy (non-hydrogen) atoms. The maximum absolute atomic E-state index is 5.90. The van der Waals surface area contributed by atoms with Crippen LogP contribution in [-0.2, 0) is 0 Å². The van der Waals surface area contributed by atoms with Gasteiger partial charge in [-0.05, 0) is 36.4 Å². The van der Waals surface area contributed by atoms with Crippen LogP contribution in [0.2, 0.25) is 0 Å². The summed E-state index contributed by atoms with van der Waals surface area (Å²) in [7, 11) is 0. The summed E-state index contributed by atoms with van der Waals surface area (Å²) < 4.78 is 0. The first-order valence-electron chi connectivity index (χ1n) is 9.71. The Morgan fingerprint density at radius 2 is 1.74 bits per heavy atom. The molecule has 0 atom stereocenters. The number of hydrogen-bond donors (Lipinski definition) is 3. The summed E-state index contributed by atoms with van der Waals surface area (Å²) in [4.78, 5) is 21.1. The second-order valence-electron chi connectivity index (χ2n) is 7.22. The van der Waals surface area contributed by atoms with E-state index < -0.39 is 0 Å². The predicted molar refractivity (Wildman–Crippen MR) is 120 cm³/mol. The average molecular weight is 404 g/mol. The summed E-state index contributed by atoms with van der Waals surface area (Å²) in [6.07, 6.45) is 8.73. The summed E-state index contributed by atoms with van der Waals surface area (Å²) in [5, 5.41) is 9.37. The third-order valence-corrected chi connectivity index (χ3v) is 5.24. The molecule has 6 aromatic rings. The van der Waals surface area contributed by atoms with Crippen LogP contribution in [-0.4, -0.2) is 35.1 Å². The second-order valence-corrected chi connectivity index (χ2v) is 7.22. The molecule has 0 aliphatic heterocycles. The normalized spacial score (nSPS) is 11.4. The van der Waals surface area contributed by atoms with Crippen molar-refractivity contribution in [2.75, 3.05) is 5.73 Å². The first-order valence-corrected chi connectivity index (χ1v) is 9.71. The topological polar surface area (TPSA) is 122 Å². The number of nitrogens with one attached hydrogen (secondary N) is 2. The van der Waals surface area contributed by atoms with E-state index in [0.29, 0.717) is 11.3 Å². The molecule has 0 aliphatic rings. The van der Waals surface area contributed by atoms with Crippen molar-refractivity contribution >= 4 is 27.8 Å². The number of nitrogen functional groups attached to an aromatic ring is 1. The number of fused-ring (bicyclic) bond motifs is 2. The Morgan fingerprint density at radius 3 is 2.61 bits per heavy atom. The number of H-pyrrole nitrogens is 2. The molecule has 0 unspecified atom stereocenters. The quantitative estimate of drug-likeness (QED) is 0.406. The van der Waals surface area contributed by atoms with Crippen LogP contribution in [0, 0.1) is 0 Å². The molecule has 0 spiro atoms. The van der Waals surface area contributed by atoms with E-state index in [1.165, 1.54) is 0 Å². The van der Waals surface area contributed by atoms with Crippen molar-refractivity contribution in [1.29, 1.82) is 0 Å². The standard InChI is InChI=1S/C23H16N8/c24-15-7-13(10-25-12-15)14-8-18-21(30-31-23(18)28-11-14)20-9-17-16(4-6-27-22(17)29-20)19-3-1-2-5-26-19/h1-12H,24H2,(H,27,29)(H,28,30,31). The van der Waals surface area contributed by atoms with Crippen molar-refractivity contribution < 1.29 is 0 Å². The lowest BCUT2D eigenvalue weighted by atomic mass is 10.1. The smallest absolute Gasteiger partial charge is 0.181 e. The lowest BCUT2D eigenvalue weighted by Crippen LogP contribution is -1.88. The number of aromatic nitrogens is 7. The van der Waals surface area contributed by atoms with E-state index in [1.54, 1.807) is 31.0 Å². The lowest BCUT2D eigenvalue weighted by Gasteiger charge is -2.02. The number of rotatable bonds is 3. The van der Waals surface area contributed by atoms with E-state index >= 15 is 0 Å². The monoisotopic (exact) mass is 404 g/mol. The predicted octanol–water partition coefficient (Wildman–Crippen LogP) is 4.21. The Morgan fingerprint density at radius 1 is 0.806 bits per heavy atom. The van der Waals surface area contributed by atoms with Crippen LogP contribution < -0.4 is 5.73 Å². The van der Waals surface area contributed by atoms with Gasteiger partial charge in [0, 0.05) is 58.4 Å². The summed E-state index contributed by atoms with van der Waals surface area (Å²) in [6, 6.07) is 13.8. The first-order chi connectivity index (χ1) is 15.3. The van der Waals surface area contributed by atoms with Crippen LogP contribution >= 0.6 is 0 Å². The molecular formula is C23H16N8. The Kier molecular flexibility index (Phi) is 3.76. The minimum Gasteiger partial charge on any atom is -0.397 e. The van der Waals surface area contributed by atoms with Gasteiger partial charge in [-0.2, -0.15) is 5.10 Å². The highest BCUT2D eigenvalue weighted by Crippen LogP contribution is 2.33. The third kappa shape index (κ3) is 2.89. The van der Waals surface area contributed by atoms with Crippen molar-refractivity contribution in [3.8, 4) is 33.8 Å². The van der Waals surface area contributed by atoms with E-state index in [1.807, 2.05) is 36.4 Å². The van der Waals surface area contributed by atoms with Gasteiger partial charge in [0.25, 0.3) is 0 Å². The molecule has 0 amide bonds. The maximum atomic E-state index is 5.90. The molecule has 0 bridgehead atoms. The van der Waals surface area contributed by atoms with Crippen LogP contribution in [0.5, 0.6) is 0 Å². The van der Waals surface area contributed by atoms with E-state index in [2.05, 4.69) is 41.2 Å². The SMILES string of the molecule is Nc1cncc(-c2cnc3n[nH]c(-c4cc5c(-c6ccccn6)ccnc5[nH]4)c3c2)c1. The summed E-state index contributed by atoms with van der Waals surface area (Å²) in [6.45, 7) is 0. The number of pyridine rings is 4. The van der Waals surface area contributed by atoms with Gasteiger partial charge in [0.15, 0.2) is 5.65 Å². The zero-order chi connectivity index (χ0) is 20.8. The highest BCUT2D eigenvalue weighted by molar-refractivity contribution is 5.99. The minimum absolute atomic E-state index is 0.605. The maximum Gasteiger partial charge on any atom is 0.181 e. The molecule has 8 nitrogen and oxygen atoms in total. The fourth-order valence-corrected chi connectivity index (χ4v) is 3.79. The average Bonchev–Trinajstić information content (AvgIpc) is 3.43. The zero-order valence-corrected chi connectivity index (χ0v) is 16.2. The molecule has 0 fully saturated rings. The van der Waals surface area contributed by atoms with Gasteiger partial charge in [-0.25, -0.2) is 9.97 Å². The molecule has 0 aliphatic carbocycles. The highest BCUT2D eigenvalue weighted by Gasteiger charge is 2.15. The Balaban J connectivity index is 1.51. The van der Waals surface area contributed by atoms with Crippen molar-refractivity contribution in [3.05, 3.63) is 73.4 Å². The van der Waals surface area contributed by atoms with Gasteiger partial charge in [-0.15, -0.1) is 0 Å². The molecule has 6 aromatic heterocycles. The number of hydrogen-bond acceptors (Lipinski definition) is 6. The number of anilines is 1. The third-order valence-electron chi connectivity index (χ3n) is 5.24. The summed E-state index contributed by atoms with van der Waals surface area (Å²) >= 11 is 0. The number of aromatic amines is 2. The van der Waals surface area contributed by atoms with E-state index in [9.17, 15) is 0 Å². The van der Waals surface area contributed by atoms with Gasteiger partial charge in [-0.3, -0.25) is 15.1 Å². The van der Waals surface area contributed by atoms with E-state index in [0.717, 1.165) is 50.2 Å². The molecule has 148 valence electrons. The van der Waals surface area contributed by atoms with Crippen LogP contribution in [0.1, 0.15) is 0 Å². The molecule has 0 saturated carbocycles. The molecule has 0 saturated heterocycles. The highest BCUT2D eigenvalue weighted by atomic mass is 15.2. The van der Waals surface area contributed by atoms with Crippen LogP contribution in [0.4, 0.5) is 5.69 Å². The van der Waals surface area contributed by atoms with Crippen molar-refractivity contribution in [3.63, 3.8) is 0 Å². The molecule has 0 aromatic carbocycles. The Labute approximate surface area is 176 Å². The zero-order valence-electron chi connectivity index (χ0n) is 16.2. The van der Waals surface area contributed by atoms with Crippen molar-refractivity contribution in [1.82, 2.24) is 35.1 Å². The lowest BCUT2D eigenvalue weighted by molar-refractivity contribution is 1.10. The Hall–Kier alpha value is -4.59. The Bertz CT molecular complexity index is 1550. The van der Waals surface area contributed by atoms with Gasteiger partial charge in [0.2, 0.25) is 0 Å². The summed E-state index contributed by atoms with van der Waals surface area (Å²) in [5.41, 5.74) is 13.4. The molecule has 4 N–H and O–H groups in total. The molecular weight excluding hydrogens is 388 g/mol. The number of nitrogens with two attached hydrogens (primary N) is 1. The molecule has 6 rings (SSSR count). The second kappa shape index (κ2) is 6.74. The van der Waals surface area contributed by atoms with E-state index in [4.69, 9.17) is 5.73 Å². The van der Waals surface area contributed by atoms with Crippen molar-refractivity contribution in [2.45, 2.75) is 0 Å². The molecule has 6 heterocycles. The van der Waals surface area contributed by atoms with Crippen LogP contribution in [0.3, 0.4) is 0 Å². The van der Waals surface area contributed by atoms with Gasteiger partial charge >= 0.3 is 0 Å². The van der Waals surface area contributed by atoms with Gasteiger partial charge < -0.3 is 10.7 Å². The first kappa shape index (κ1) is 17.3. The minimum atomic E-state index is 0.605. The molecule has 8 heteroatoms. The van der Waals surface area contributed by atoms with Crippen LogP contribution in [0.15, 0.2) is 73.4 Å². The van der Waals surface area contributed by atoms with Gasteiger partial charge in [-0.1, -0.05) is 6.07 Å². The van der Waals surface area contributed by atoms with Gasteiger partial charge in [0.1, 0.15) is 5.65 Å².